The van der Waals surface area contributed by atoms with Crippen LogP contribution >= 0.6 is 0 Å². The number of carboxylic acid groups (broad SMARTS) is 1. The molecule has 26 heavy (non-hydrogen) atoms. The van der Waals surface area contributed by atoms with Crippen LogP contribution in [0.15, 0.2) is 60.7 Å². The van der Waals surface area contributed by atoms with E-state index in [4.69, 9.17) is 4.74 Å². The van der Waals surface area contributed by atoms with Crippen molar-refractivity contribution in [1.82, 2.24) is 15.2 Å². The van der Waals surface area contributed by atoms with Gasteiger partial charge < -0.3 is 9.84 Å². The van der Waals surface area contributed by atoms with Crippen molar-refractivity contribution in [1.29, 1.82) is 0 Å². The van der Waals surface area contributed by atoms with Crippen molar-refractivity contribution in [3.63, 3.8) is 0 Å². The monoisotopic (exact) mass is 345 g/mol. The molecular formula is C20H15N3O3. The number of hydrogen-bond donors (Lipinski definition) is 2. The van der Waals surface area contributed by atoms with E-state index >= 15 is 0 Å². The lowest BCUT2D eigenvalue weighted by molar-refractivity contribution is 0.0699. The number of pyridine rings is 1. The number of aromatic amines is 1. The molecular weight excluding hydrogens is 330 g/mol. The van der Waals surface area contributed by atoms with Crippen LogP contribution < -0.4 is 4.74 Å². The van der Waals surface area contributed by atoms with Crippen molar-refractivity contribution in [2.75, 3.05) is 7.11 Å². The lowest BCUT2D eigenvalue weighted by atomic mass is 10.0. The first-order chi connectivity index (χ1) is 12.7. The van der Waals surface area contributed by atoms with Crippen LogP contribution in [0.4, 0.5) is 0 Å². The highest BCUT2D eigenvalue weighted by molar-refractivity contribution is 6.08. The number of nitrogens with zero attached hydrogens (tertiary/aromatic N) is 2. The van der Waals surface area contributed by atoms with Gasteiger partial charge in [-0.05, 0) is 30.3 Å². The van der Waals surface area contributed by atoms with Gasteiger partial charge in [-0.25, -0.2) is 9.78 Å². The van der Waals surface area contributed by atoms with Crippen molar-refractivity contribution in [2.45, 2.75) is 0 Å². The van der Waals surface area contributed by atoms with Crippen LogP contribution in [0.2, 0.25) is 0 Å². The third-order valence-electron chi connectivity index (χ3n) is 4.20. The van der Waals surface area contributed by atoms with E-state index in [9.17, 15) is 9.90 Å². The smallest absolute Gasteiger partial charge is 0.336 e. The van der Waals surface area contributed by atoms with Crippen LogP contribution in [0, 0.1) is 0 Å². The molecule has 0 aliphatic heterocycles. The first-order valence-electron chi connectivity index (χ1n) is 7.99. The van der Waals surface area contributed by atoms with Gasteiger partial charge in [0.25, 0.3) is 0 Å². The van der Waals surface area contributed by atoms with Crippen LogP contribution in [0.3, 0.4) is 0 Å². The Morgan fingerprint density at radius 1 is 1.04 bits per heavy atom. The number of H-pyrrole nitrogens is 1. The Labute approximate surface area is 149 Å². The lowest BCUT2D eigenvalue weighted by Crippen LogP contribution is -2.00. The summed E-state index contributed by atoms with van der Waals surface area (Å²) >= 11 is 0. The number of carboxylic acids is 1. The molecule has 2 aromatic carbocycles. The average molecular weight is 345 g/mol. The molecule has 4 rings (SSSR count). The number of hydrogen-bond acceptors (Lipinski definition) is 4. The van der Waals surface area contributed by atoms with Crippen molar-refractivity contribution < 1.29 is 14.6 Å². The van der Waals surface area contributed by atoms with E-state index in [2.05, 4.69) is 15.2 Å². The normalized spacial score (nSPS) is 10.8. The molecule has 6 nitrogen and oxygen atoms in total. The minimum Gasteiger partial charge on any atom is -0.497 e. The Morgan fingerprint density at radius 2 is 1.77 bits per heavy atom. The minimum absolute atomic E-state index is 0.161. The fourth-order valence-electron chi connectivity index (χ4n) is 2.92. The Morgan fingerprint density at radius 3 is 2.42 bits per heavy atom. The summed E-state index contributed by atoms with van der Waals surface area (Å²) in [5.41, 5.74) is 3.37. The number of methoxy groups -OCH3 is 1. The van der Waals surface area contributed by atoms with Gasteiger partial charge in [-0.3, -0.25) is 5.10 Å². The third-order valence-corrected chi connectivity index (χ3v) is 4.20. The van der Waals surface area contributed by atoms with Crippen LogP contribution in [0.25, 0.3) is 33.5 Å². The van der Waals surface area contributed by atoms with Crippen molar-refractivity contribution in [3.8, 4) is 28.3 Å². The van der Waals surface area contributed by atoms with Gasteiger partial charge in [0.1, 0.15) is 5.75 Å². The molecule has 0 radical (unpaired) electrons. The molecule has 2 aromatic heterocycles. The summed E-state index contributed by atoms with van der Waals surface area (Å²) in [5.74, 6) is -0.301. The Hall–Kier alpha value is -3.67. The van der Waals surface area contributed by atoms with Crippen LogP contribution in [-0.4, -0.2) is 33.4 Å². The first kappa shape index (κ1) is 15.8. The fraction of sp³-hybridized carbons (Fsp3) is 0.0500. The van der Waals surface area contributed by atoms with Gasteiger partial charge >= 0.3 is 5.97 Å². The van der Waals surface area contributed by atoms with Crippen molar-refractivity contribution in [2.24, 2.45) is 0 Å². The number of ether oxygens (including phenoxy) is 1. The van der Waals surface area contributed by atoms with Gasteiger partial charge in [-0.2, -0.15) is 5.10 Å². The SMILES string of the molecule is COc1ccc(-c2cc(C(=O)O)c3c(-c4ccccc4)[nH]nc3n2)cc1. The maximum atomic E-state index is 11.9. The molecule has 4 aromatic rings. The molecule has 0 aliphatic carbocycles. The second-order valence-corrected chi connectivity index (χ2v) is 5.75. The molecule has 0 amide bonds. The molecule has 128 valence electrons. The third kappa shape index (κ3) is 2.67. The molecule has 0 fully saturated rings. The molecule has 0 spiro atoms. The average Bonchev–Trinajstić information content (AvgIpc) is 3.12. The summed E-state index contributed by atoms with van der Waals surface area (Å²) in [5, 5.41) is 17.4. The van der Waals surface area contributed by atoms with Gasteiger partial charge in [0, 0.05) is 11.1 Å². The summed E-state index contributed by atoms with van der Waals surface area (Å²) < 4.78 is 5.16. The van der Waals surface area contributed by atoms with E-state index in [1.165, 1.54) is 0 Å². The predicted molar refractivity (Wildman–Crippen MR) is 98.3 cm³/mol. The summed E-state index contributed by atoms with van der Waals surface area (Å²) in [4.78, 5) is 16.4. The molecule has 2 N–H and O–H groups in total. The van der Waals surface area contributed by atoms with Crippen LogP contribution in [0.5, 0.6) is 5.75 Å². The van der Waals surface area contributed by atoms with E-state index in [0.717, 1.165) is 16.9 Å². The molecule has 6 heteroatoms. The largest absolute Gasteiger partial charge is 0.497 e. The molecule has 0 saturated heterocycles. The minimum atomic E-state index is -1.02. The van der Waals surface area contributed by atoms with Crippen LogP contribution in [0.1, 0.15) is 10.4 Å². The second-order valence-electron chi connectivity index (χ2n) is 5.75. The number of carbonyl (C=O) groups is 1. The number of fused-ring (bicyclic) bond motifs is 1. The zero-order chi connectivity index (χ0) is 18.1. The predicted octanol–water partition coefficient (Wildman–Crippen LogP) is 4.00. The highest BCUT2D eigenvalue weighted by atomic mass is 16.5. The highest BCUT2D eigenvalue weighted by Crippen LogP contribution is 2.31. The number of benzene rings is 2. The van der Waals surface area contributed by atoms with Crippen molar-refractivity contribution in [3.05, 3.63) is 66.2 Å². The number of aromatic nitrogens is 3. The summed E-state index contributed by atoms with van der Waals surface area (Å²) in [6, 6.07) is 18.3. The van der Waals surface area contributed by atoms with Gasteiger partial charge in [-0.1, -0.05) is 30.3 Å². The Kier molecular flexibility index (Phi) is 3.85. The summed E-state index contributed by atoms with van der Waals surface area (Å²) in [7, 11) is 1.59. The molecule has 0 saturated carbocycles. The summed E-state index contributed by atoms with van der Waals surface area (Å²) in [6.07, 6.45) is 0. The van der Waals surface area contributed by atoms with E-state index in [1.54, 1.807) is 13.2 Å². The standard InChI is InChI=1S/C20H15N3O3/c1-26-14-9-7-12(8-10-14)16-11-15(20(24)25)17-18(22-23-19(17)21-16)13-5-3-2-4-6-13/h2-11H,1H3,(H,24,25)(H,21,22,23). The Bertz CT molecular complexity index is 1090. The summed E-state index contributed by atoms with van der Waals surface area (Å²) in [6.45, 7) is 0. The second kappa shape index (κ2) is 6.33. The molecule has 0 aliphatic rings. The van der Waals surface area contributed by atoms with Gasteiger partial charge in [-0.15, -0.1) is 0 Å². The topological polar surface area (TPSA) is 88.1 Å². The highest BCUT2D eigenvalue weighted by Gasteiger charge is 2.19. The fourth-order valence-corrected chi connectivity index (χ4v) is 2.92. The number of rotatable bonds is 4. The van der Waals surface area contributed by atoms with Gasteiger partial charge in [0.2, 0.25) is 0 Å². The van der Waals surface area contributed by atoms with E-state index in [1.807, 2.05) is 54.6 Å². The van der Waals surface area contributed by atoms with Crippen molar-refractivity contribution >= 4 is 17.0 Å². The quantitative estimate of drug-likeness (QED) is 0.584. The van der Waals surface area contributed by atoms with Gasteiger partial charge in [0.15, 0.2) is 5.65 Å². The molecule has 2 heterocycles. The number of nitrogens with one attached hydrogen (secondary N) is 1. The zero-order valence-electron chi connectivity index (χ0n) is 13.9. The first-order valence-corrected chi connectivity index (χ1v) is 7.99. The van der Waals surface area contributed by atoms with Gasteiger partial charge in [0.05, 0.1) is 29.4 Å². The Balaban J connectivity index is 1.92. The lowest BCUT2D eigenvalue weighted by Gasteiger charge is -2.06. The van der Waals surface area contributed by atoms with E-state index in [0.29, 0.717) is 22.4 Å². The number of aromatic carboxylic acids is 1. The maximum absolute atomic E-state index is 11.9. The van der Waals surface area contributed by atoms with Crippen LogP contribution in [-0.2, 0) is 0 Å². The molecule has 0 bridgehead atoms. The zero-order valence-corrected chi connectivity index (χ0v) is 13.9. The van der Waals surface area contributed by atoms with E-state index < -0.39 is 5.97 Å². The molecule has 0 unspecified atom stereocenters. The van der Waals surface area contributed by atoms with E-state index in [-0.39, 0.29) is 5.56 Å². The maximum Gasteiger partial charge on any atom is 0.336 e. The molecule has 0 atom stereocenters.